The van der Waals surface area contributed by atoms with Gasteiger partial charge in [-0.25, -0.2) is 0 Å². The molecule has 0 aliphatic heterocycles. The second-order valence-corrected chi connectivity index (χ2v) is 4.80. The summed E-state index contributed by atoms with van der Waals surface area (Å²) in [6.07, 6.45) is 5.41. The second kappa shape index (κ2) is 4.03. The van der Waals surface area contributed by atoms with E-state index in [0.29, 0.717) is 18.3 Å². The van der Waals surface area contributed by atoms with Gasteiger partial charge in [0.05, 0.1) is 12.1 Å². The van der Waals surface area contributed by atoms with Gasteiger partial charge in [0, 0.05) is 6.42 Å². The Kier molecular flexibility index (Phi) is 2.73. The molecule has 3 heteroatoms. The van der Waals surface area contributed by atoms with Crippen LogP contribution < -0.4 is 0 Å². The highest BCUT2D eigenvalue weighted by Gasteiger charge is 2.40. The average Bonchev–Trinajstić information content (AvgIpc) is 2.81. The lowest BCUT2D eigenvalue weighted by Gasteiger charge is -2.20. The summed E-state index contributed by atoms with van der Waals surface area (Å²) in [5.41, 5.74) is 0. The van der Waals surface area contributed by atoms with E-state index in [1.54, 1.807) is 12.1 Å². The van der Waals surface area contributed by atoms with Crippen molar-refractivity contribution in [1.29, 1.82) is 10.5 Å². The van der Waals surface area contributed by atoms with Crippen LogP contribution in [0.2, 0.25) is 0 Å². The highest BCUT2D eigenvalue weighted by Crippen LogP contribution is 2.49. The summed E-state index contributed by atoms with van der Waals surface area (Å²) in [5, 5.41) is 17.2. The molecule has 0 spiro atoms. The Hall–Kier alpha value is -1.35. The monoisotopic (exact) mass is 202 g/mol. The van der Waals surface area contributed by atoms with Crippen LogP contribution in [-0.2, 0) is 4.79 Å². The zero-order valence-corrected chi connectivity index (χ0v) is 8.65. The molecule has 0 heterocycles. The van der Waals surface area contributed by atoms with Crippen molar-refractivity contribution in [2.45, 2.75) is 32.1 Å². The fraction of sp³-hybridized carbons (Fsp3) is 0.750. The first kappa shape index (κ1) is 10.2. The minimum atomic E-state index is -1.04. The van der Waals surface area contributed by atoms with Crippen LogP contribution in [0.5, 0.6) is 0 Å². The van der Waals surface area contributed by atoms with Gasteiger partial charge in [-0.3, -0.25) is 4.79 Å². The van der Waals surface area contributed by atoms with Crippen LogP contribution in [0.25, 0.3) is 0 Å². The number of fused-ring (bicyclic) bond motifs is 2. The van der Waals surface area contributed by atoms with Gasteiger partial charge < -0.3 is 0 Å². The Labute approximate surface area is 89.7 Å². The number of Topliss-reactive ketones (excluding diaryl/α,β-unsaturated/α-hetero) is 1. The Morgan fingerprint density at radius 3 is 2.47 bits per heavy atom. The molecule has 78 valence electrons. The van der Waals surface area contributed by atoms with E-state index in [-0.39, 0.29) is 5.78 Å². The Morgan fingerprint density at radius 1 is 1.27 bits per heavy atom. The third-order valence-corrected chi connectivity index (χ3v) is 3.93. The molecule has 2 bridgehead atoms. The van der Waals surface area contributed by atoms with Crippen LogP contribution in [0.3, 0.4) is 0 Å². The van der Waals surface area contributed by atoms with Crippen LogP contribution in [0.1, 0.15) is 32.1 Å². The van der Waals surface area contributed by atoms with E-state index < -0.39 is 5.92 Å². The average molecular weight is 202 g/mol. The normalized spacial score (nSPS) is 32.6. The van der Waals surface area contributed by atoms with Gasteiger partial charge >= 0.3 is 0 Å². The maximum absolute atomic E-state index is 11.6. The minimum Gasteiger partial charge on any atom is -0.297 e. The van der Waals surface area contributed by atoms with Crippen LogP contribution >= 0.6 is 0 Å². The molecule has 0 N–H and O–H groups in total. The van der Waals surface area contributed by atoms with Gasteiger partial charge in [0.2, 0.25) is 0 Å². The first-order valence-corrected chi connectivity index (χ1v) is 5.56. The van der Waals surface area contributed by atoms with E-state index in [1.807, 2.05) is 0 Å². The first-order chi connectivity index (χ1) is 7.24. The molecule has 0 radical (unpaired) electrons. The van der Waals surface area contributed by atoms with Crippen molar-refractivity contribution in [2.24, 2.45) is 23.7 Å². The lowest BCUT2D eigenvalue weighted by molar-refractivity contribution is -0.121. The van der Waals surface area contributed by atoms with E-state index in [9.17, 15) is 4.79 Å². The largest absolute Gasteiger partial charge is 0.297 e. The van der Waals surface area contributed by atoms with Crippen molar-refractivity contribution < 1.29 is 4.79 Å². The van der Waals surface area contributed by atoms with Crippen LogP contribution in [0.4, 0.5) is 0 Å². The summed E-state index contributed by atoms with van der Waals surface area (Å²) < 4.78 is 0. The lowest BCUT2D eigenvalue weighted by atomic mass is 9.83. The maximum Gasteiger partial charge on any atom is 0.191 e. The molecule has 0 saturated heterocycles. The van der Waals surface area contributed by atoms with Gasteiger partial charge in [-0.2, -0.15) is 10.5 Å². The molecule has 3 unspecified atom stereocenters. The van der Waals surface area contributed by atoms with Crippen LogP contribution in [0.15, 0.2) is 0 Å². The van der Waals surface area contributed by atoms with Crippen molar-refractivity contribution in [1.82, 2.24) is 0 Å². The molecule has 2 rings (SSSR count). The minimum absolute atomic E-state index is 0.169. The molecule has 2 saturated carbocycles. The standard InChI is InChI=1S/C12H14N2O/c13-6-11(7-14)12(15)5-10-4-8-1-2-9(10)3-8/h8-11H,1-5H2. The molecule has 2 aliphatic carbocycles. The maximum atomic E-state index is 11.6. The predicted molar refractivity (Wildman–Crippen MR) is 53.3 cm³/mol. The number of rotatable bonds is 3. The number of nitrogens with zero attached hydrogens (tertiary/aromatic N) is 2. The fourth-order valence-electron chi connectivity index (χ4n) is 3.18. The molecule has 2 aliphatic rings. The summed E-state index contributed by atoms with van der Waals surface area (Å²) in [6.45, 7) is 0. The van der Waals surface area contributed by atoms with Crippen molar-refractivity contribution in [3.8, 4) is 12.1 Å². The second-order valence-electron chi connectivity index (χ2n) is 4.80. The van der Waals surface area contributed by atoms with Crippen molar-refractivity contribution in [2.75, 3.05) is 0 Å². The molecule has 0 aromatic heterocycles. The third kappa shape index (κ3) is 1.88. The molecule has 0 aromatic carbocycles. The summed E-state index contributed by atoms with van der Waals surface area (Å²) in [5.74, 6) is 0.759. The van der Waals surface area contributed by atoms with Gasteiger partial charge in [0.1, 0.15) is 0 Å². The highest BCUT2D eigenvalue weighted by atomic mass is 16.1. The van der Waals surface area contributed by atoms with Gasteiger partial charge in [-0.1, -0.05) is 6.42 Å². The number of carbonyl (C=O) groups excluding carboxylic acids is 1. The quantitative estimate of drug-likeness (QED) is 0.703. The number of hydrogen-bond donors (Lipinski definition) is 0. The molecule has 3 nitrogen and oxygen atoms in total. The predicted octanol–water partition coefficient (Wildman–Crippen LogP) is 2.05. The van der Waals surface area contributed by atoms with Gasteiger partial charge in [0.15, 0.2) is 11.7 Å². The lowest BCUT2D eigenvalue weighted by Crippen LogP contribution is -2.19. The number of carbonyl (C=O) groups is 1. The molecule has 3 atom stereocenters. The summed E-state index contributed by atoms with van der Waals surface area (Å²) in [4.78, 5) is 11.6. The summed E-state index contributed by atoms with van der Waals surface area (Å²) in [7, 11) is 0. The summed E-state index contributed by atoms with van der Waals surface area (Å²) in [6, 6.07) is 3.52. The molecule has 15 heavy (non-hydrogen) atoms. The summed E-state index contributed by atoms with van der Waals surface area (Å²) >= 11 is 0. The Balaban J connectivity index is 1.91. The Morgan fingerprint density at radius 2 is 2.00 bits per heavy atom. The molecule has 0 aromatic rings. The van der Waals surface area contributed by atoms with E-state index in [0.717, 1.165) is 12.3 Å². The smallest absolute Gasteiger partial charge is 0.191 e. The van der Waals surface area contributed by atoms with Crippen molar-refractivity contribution in [3.63, 3.8) is 0 Å². The topological polar surface area (TPSA) is 64.7 Å². The highest BCUT2D eigenvalue weighted by molar-refractivity contribution is 5.85. The molecular formula is C12H14N2O. The third-order valence-electron chi connectivity index (χ3n) is 3.93. The zero-order valence-electron chi connectivity index (χ0n) is 8.65. The van der Waals surface area contributed by atoms with Crippen LogP contribution in [-0.4, -0.2) is 5.78 Å². The van der Waals surface area contributed by atoms with E-state index in [1.165, 1.54) is 19.3 Å². The number of ketones is 1. The number of hydrogen-bond acceptors (Lipinski definition) is 3. The van der Waals surface area contributed by atoms with Crippen LogP contribution in [0, 0.1) is 46.3 Å². The fourth-order valence-corrected chi connectivity index (χ4v) is 3.18. The Bertz CT molecular complexity index is 336. The van der Waals surface area contributed by atoms with Crippen molar-refractivity contribution in [3.05, 3.63) is 0 Å². The van der Waals surface area contributed by atoms with E-state index >= 15 is 0 Å². The first-order valence-electron chi connectivity index (χ1n) is 5.56. The molecule has 0 amide bonds. The van der Waals surface area contributed by atoms with Gasteiger partial charge in [0.25, 0.3) is 0 Å². The van der Waals surface area contributed by atoms with Crippen molar-refractivity contribution >= 4 is 5.78 Å². The van der Waals surface area contributed by atoms with Gasteiger partial charge in [-0.15, -0.1) is 0 Å². The zero-order chi connectivity index (χ0) is 10.8. The van der Waals surface area contributed by atoms with E-state index in [4.69, 9.17) is 10.5 Å². The molecular weight excluding hydrogens is 188 g/mol. The SMILES string of the molecule is N#CC(C#N)C(=O)CC1CC2CCC1C2. The van der Waals surface area contributed by atoms with Gasteiger partial charge in [-0.05, 0) is 37.0 Å². The molecule has 2 fully saturated rings. The number of nitriles is 2. The van der Waals surface area contributed by atoms with E-state index in [2.05, 4.69) is 0 Å².